The van der Waals surface area contributed by atoms with Gasteiger partial charge in [0.25, 0.3) is 0 Å². The summed E-state index contributed by atoms with van der Waals surface area (Å²) in [5, 5.41) is 0. The Kier molecular flexibility index (Phi) is 2.77. The van der Waals surface area contributed by atoms with E-state index in [-0.39, 0.29) is 17.8 Å². The van der Waals surface area contributed by atoms with Crippen LogP contribution >= 0.6 is 0 Å². The van der Waals surface area contributed by atoms with Crippen molar-refractivity contribution in [1.82, 2.24) is 0 Å². The van der Waals surface area contributed by atoms with E-state index in [4.69, 9.17) is 14.2 Å². The SMILES string of the molecule is C1=COC(C2(C3C=CC=CO3)CCCO2)C=C1. The third kappa shape index (κ3) is 1.80. The minimum Gasteiger partial charge on any atom is -0.491 e. The summed E-state index contributed by atoms with van der Waals surface area (Å²) in [5.74, 6) is 0. The lowest BCUT2D eigenvalue weighted by Gasteiger charge is -2.39. The van der Waals surface area contributed by atoms with Gasteiger partial charge in [-0.05, 0) is 37.1 Å². The number of hydrogen-bond acceptors (Lipinski definition) is 3. The molecule has 2 atom stereocenters. The van der Waals surface area contributed by atoms with Crippen LogP contribution in [0.5, 0.6) is 0 Å². The second-order valence-electron chi connectivity index (χ2n) is 4.45. The van der Waals surface area contributed by atoms with Gasteiger partial charge in [0.05, 0.1) is 12.5 Å². The highest BCUT2D eigenvalue weighted by molar-refractivity contribution is 5.21. The van der Waals surface area contributed by atoms with Gasteiger partial charge in [-0.15, -0.1) is 0 Å². The van der Waals surface area contributed by atoms with Crippen molar-refractivity contribution in [3.63, 3.8) is 0 Å². The van der Waals surface area contributed by atoms with Crippen LogP contribution in [0.4, 0.5) is 0 Å². The van der Waals surface area contributed by atoms with Gasteiger partial charge in [0, 0.05) is 6.61 Å². The summed E-state index contributed by atoms with van der Waals surface area (Å²) < 4.78 is 17.4. The third-order valence-corrected chi connectivity index (χ3v) is 3.45. The molecule has 3 heteroatoms. The highest BCUT2D eigenvalue weighted by Gasteiger charge is 2.50. The lowest BCUT2D eigenvalue weighted by atomic mass is 9.85. The highest BCUT2D eigenvalue weighted by atomic mass is 16.6. The number of ether oxygens (including phenoxy) is 3. The van der Waals surface area contributed by atoms with Gasteiger partial charge >= 0.3 is 0 Å². The molecule has 0 aromatic rings. The smallest absolute Gasteiger partial charge is 0.149 e. The van der Waals surface area contributed by atoms with Gasteiger partial charge in [-0.2, -0.15) is 0 Å². The zero-order chi connectivity index (χ0) is 11.6. The molecule has 0 aromatic carbocycles. The fourth-order valence-corrected chi connectivity index (χ4v) is 2.62. The van der Waals surface area contributed by atoms with Gasteiger partial charge in [0.2, 0.25) is 0 Å². The van der Waals surface area contributed by atoms with Gasteiger partial charge < -0.3 is 14.2 Å². The third-order valence-electron chi connectivity index (χ3n) is 3.45. The van der Waals surface area contributed by atoms with Crippen molar-refractivity contribution in [1.29, 1.82) is 0 Å². The molecule has 0 bridgehead atoms. The van der Waals surface area contributed by atoms with Crippen molar-refractivity contribution in [3.05, 3.63) is 49.0 Å². The molecule has 1 saturated heterocycles. The molecule has 0 aromatic heterocycles. The fourth-order valence-electron chi connectivity index (χ4n) is 2.62. The molecule has 0 N–H and O–H groups in total. The standard InChI is InChI=1S/C14H16O3/c1-3-9-15-12(6-1)14(8-5-11-17-14)13-7-2-4-10-16-13/h1-4,6-7,9-10,12-13H,5,8,11H2. The van der Waals surface area contributed by atoms with E-state index >= 15 is 0 Å². The summed E-state index contributed by atoms with van der Waals surface area (Å²) in [4.78, 5) is 0. The monoisotopic (exact) mass is 232 g/mol. The highest BCUT2D eigenvalue weighted by Crippen LogP contribution is 2.38. The molecule has 0 amide bonds. The van der Waals surface area contributed by atoms with Gasteiger partial charge in [0.15, 0.2) is 0 Å². The van der Waals surface area contributed by atoms with E-state index in [1.807, 2.05) is 36.5 Å². The zero-order valence-corrected chi connectivity index (χ0v) is 9.62. The summed E-state index contributed by atoms with van der Waals surface area (Å²) in [6, 6.07) is 0. The van der Waals surface area contributed by atoms with Crippen molar-refractivity contribution in [2.24, 2.45) is 0 Å². The second-order valence-corrected chi connectivity index (χ2v) is 4.45. The van der Waals surface area contributed by atoms with E-state index < -0.39 is 0 Å². The predicted octanol–water partition coefficient (Wildman–Crippen LogP) is 2.47. The molecule has 3 aliphatic heterocycles. The van der Waals surface area contributed by atoms with Crippen molar-refractivity contribution in [3.8, 4) is 0 Å². The topological polar surface area (TPSA) is 27.7 Å². The molecule has 2 unspecified atom stereocenters. The largest absolute Gasteiger partial charge is 0.491 e. The summed E-state index contributed by atoms with van der Waals surface area (Å²) in [7, 11) is 0. The fraction of sp³-hybridized carbons (Fsp3) is 0.429. The first kappa shape index (κ1) is 10.7. The van der Waals surface area contributed by atoms with Crippen LogP contribution < -0.4 is 0 Å². The van der Waals surface area contributed by atoms with E-state index in [2.05, 4.69) is 0 Å². The van der Waals surface area contributed by atoms with Crippen LogP contribution in [0.1, 0.15) is 12.8 Å². The molecule has 90 valence electrons. The van der Waals surface area contributed by atoms with E-state index in [0.29, 0.717) is 0 Å². The van der Waals surface area contributed by atoms with Crippen LogP contribution in [-0.4, -0.2) is 24.4 Å². The van der Waals surface area contributed by atoms with Gasteiger partial charge in [-0.3, -0.25) is 0 Å². The Morgan fingerprint density at radius 3 is 1.94 bits per heavy atom. The molecule has 0 saturated carbocycles. The molecule has 0 spiro atoms. The Labute approximate surface area is 101 Å². The van der Waals surface area contributed by atoms with E-state index in [1.54, 1.807) is 12.5 Å². The van der Waals surface area contributed by atoms with Crippen molar-refractivity contribution in [2.45, 2.75) is 30.7 Å². The molecule has 3 nitrogen and oxygen atoms in total. The maximum Gasteiger partial charge on any atom is 0.149 e. The summed E-state index contributed by atoms with van der Waals surface area (Å²) in [5.41, 5.74) is -0.386. The van der Waals surface area contributed by atoms with Crippen LogP contribution in [0.2, 0.25) is 0 Å². The lowest BCUT2D eigenvalue weighted by Crippen LogP contribution is -2.52. The predicted molar refractivity (Wildman–Crippen MR) is 64.2 cm³/mol. The normalized spacial score (nSPS) is 39.1. The van der Waals surface area contributed by atoms with Crippen molar-refractivity contribution >= 4 is 0 Å². The van der Waals surface area contributed by atoms with Crippen LogP contribution in [0.15, 0.2) is 49.0 Å². The zero-order valence-electron chi connectivity index (χ0n) is 9.62. The molecule has 0 aliphatic carbocycles. The minimum absolute atomic E-state index is 0.0730. The average Bonchev–Trinajstić information content (AvgIpc) is 2.91. The first-order valence-electron chi connectivity index (χ1n) is 6.03. The second kappa shape index (κ2) is 4.41. The summed E-state index contributed by atoms with van der Waals surface area (Å²) >= 11 is 0. The number of allylic oxidation sites excluding steroid dienone is 4. The molecule has 0 radical (unpaired) electrons. The molecule has 17 heavy (non-hydrogen) atoms. The van der Waals surface area contributed by atoms with E-state index in [0.717, 1.165) is 19.4 Å². The number of hydrogen-bond donors (Lipinski definition) is 0. The summed E-state index contributed by atoms with van der Waals surface area (Å²) in [6.07, 6.45) is 17.2. The van der Waals surface area contributed by atoms with E-state index in [1.165, 1.54) is 0 Å². The maximum absolute atomic E-state index is 6.00. The van der Waals surface area contributed by atoms with Crippen LogP contribution in [0, 0.1) is 0 Å². The molecule has 3 rings (SSSR count). The first-order chi connectivity index (χ1) is 8.42. The quantitative estimate of drug-likeness (QED) is 0.732. The van der Waals surface area contributed by atoms with Crippen molar-refractivity contribution < 1.29 is 14.2 Å². The van der Waals surface area contributed by atoms with Crippen molar-refractivity contribution in [2.75, 3.05) is 6.61 Å². The van der Waals surface area contributed by atoms with Crippen LogP contribution in [0.3, 0.4) is 0 Å². The molecular weight excluding hydrogens is 216 g/mol. The Bertz CT molecular complexity index is 354. The average molecular weight is 232 g/mol. The Hall–Kier alpha value is -1.48. The minimum atomic E-state index is -0.386. The van der Waals surface area contributed by atoms with Gasteiger partial charge in [-0.1, -0.05) is 12.2 Å². The molecule has 3 heterocycles. The first-order valence-corrected chi connectivity index (χ1v) is 6.03. The van der Waals surface area contributed by atoms with E-state index in [9.17, 15) is 0 Å². The number of rotatable bonds is 2. The van der Waals surface area contributed by atoms with Crippen LogP contribution in [0.25, 0.3) is 0 Å². The molecular formula is C14H16O3. The summed E-state index contributed by atoms with van der Waals surface area (Å²) in [6.45, 7) is 0.773. The lowest BCUT2D eigenvalue weighted by molar-refractivity contribution is -0.132. The Morgan fingerprint density at radius 2 is 1.53 bits per heavy atom. The molecule has 3 aliphatic rings. The van der Waals surface area contributed by atoms with Gasteiger partial charge in [0.1, 0.15) is 17.8 Å². The molecule has 1 fully saturated rings. The van der Waals surface area contributed by atoms with Gasteiger partial charge in [-0.25, -0.2) is 0 Å². The van der Waals surface area contributed by atoms with Crippen LogP contribution in [-0.2, 0) is 14.2 Å². The maximum atomic E-state index is 6.00. The Balaban J connectivity index is 1.87. The Morgan fingerprint density at radius 1 is 0.882 bits per heavy atom.